The topological polar surface area (TPSA) is 103 Å². The van der Waals surface area contributed by atoms with Gasteiger partial charge in [-0.1, -0.05) is 0 Å². The average Bonchev–Trinajstić information content (AvgIpc) is 2.42. The molecule has 6 N–H and O–H groups in total. The molecule has 0 aromatic rings. The highest BCUT2D eigenvalue weighted by Crippen LogP contribution is 1.95. The number of carbonyl (C=O) groups is 1. The SMILES string of the molecule is CC(CCCNCCC=N)NCCCNC(=O)CN. The van der Waals surface area contributed by atoms with Crippen molar-refractivity contribution in [3.8, 4) is 0 Å². The Morgan fingerprint density at radius 3 is 2.74 bits per heavy atom. The van der Waals surface area contributed by atoms with Gasteiger partial charge in [0.1, 0.15) is 0 Å². The molecule has 0 saturated carbocycles. The van der Waals surface area contributed by atoms with E-state index in [1.807, 2.05) is 0 Å². The standard InChI is InChI=1S/C13H29N5O/c1-12(5-2-7-16-8-3-6-14)17-9-4-10-18-13(19)11-15/h6,12,14,16-17H,2-5,7-11,15H2,1H3,(H,18,19). The number of rotatable bonds is 13. The van der Waals surface area contributed by atoms with E-state index in [4.69, 9.17) is 11.1 Å². The Bertz CT molecular complexity index is 235. The third-order valence-corrected chi connectivity index (χ3v) is 2.81. The van der Waals surface area contributed by atoms with Crippen molar-refractivity contribution < 1.29 is 4.79 Å². The maximum atomic E-state index is 10.9. The largest absolute Gasteiger partial charge is 0.355 e. The highest BCUT2D eigenvalue weighted by atomic mass is 16.1. The smallest absolute Gasteiger partial charge is 0.233 e. The number of hydrogen-bond donors (Lipinski definition) is 5. The van der Waals surface area contributed by atoms with Crippen LogP contribution >= 0.6 is 0 Å². The van der Waals surface area contributed by atoms with Gasteiger partial charge < -0.3 is 27.1 Å². The molecular formula is C13H29N5O. The minimum absolute atomic E-state index is 0.0643. The molecule has 0 heterocycles. The first-order chi connectivity index (χ1) is 9.20. The van der Waals surface area contributed by atoms with Crippen molar-refractivity contribution in [1.82, 2.24) is 16.0 Å². The second kappa shape index (κ2) is 13.5. The van der Waals surface area contributed by atoms with Crippen molar-refractivity contribution in [2.75, 3.05) is 32.7 Å². The summed E-state index contributed by atoms with van der Waals surface area (Å²) in [6.45, 7) is 5.73. The molecule has 0 aromatic heterocycles. The summed E-state index contributed by atoms with van der Waals surface area (Å²) in [6.07, 6.45) is 5.43. The Morgan fingerprint density at radius 1 is 1.26 bits per heavy atom. The minimum atomic E-state index is -0.0935. The van der Waals surface area contributed by atoms with Crippen LogP contribution in [-0.4, -0.2) is 50.9 Å². The molecule has 0 aliphatic rings. The van der Waals surface area contributed by atoms with Gasteiger partial charge in [-0.3, -0.25) is 4.79 Å². The maximum absolute atomic E-state index is 10.9. The molecule has 6 heteroatoms. The highest BCUT2D eigenvalue weighted by Gasteiger charge is 2.01. The van der Waals surface area contributed by atoms with Crippen LogP contribution < -0.4 is 21.7 Å². The van der Waals surface area contributed by atoms with Crippen molar-refractivity contribution >= 4 is 12.1 Å². The van der Waals surface area contributed by atoms with Crippen molar-refractivity contribution in [2.24, 2.45) is 5.73 Å². The predicted octanol–water partition coefficient (Wildman–Crippen LogP) is -0.161. The molecule has 0 aromatic carbocycles. The van der Waals surface area contributed by atoms with Gasteiger partial charge in [0.25, 0.3) is 0 Å². The van der Waals surface area contributed by atoms with Crippen LogP contribution in [0.3, 0.4) is 0 Å². The lowest BCUT2D eigenvalue weighted by atomic mass is 10.2. The van der Waals surface area contributed by atoms with Crippen LogP contribution in [0.5, 0.6) is 0 Å². The van der Waals surface area contributed by atoms with Crippen LogP contribution in [0.4, 0.5) is 0 Å². The van der Waals surface area contributed by atoms with Gasteiger partial charge in [-0.15, -0.1) is 0 Å². The fraction of sp³-hybridized carbons (Fsp3) is 0.846. The first-order valence-electron chi connectivity index (χ1n) is 7.10. The maximum Gasteiger partial charge on any atom is 0.233 e. The zero-order valence-corrected chi connectivity index (χ0v) is 12.0. The second-order valence-corrected chi connectivity index (χ2v) is 4.65. The van der Waals surface area contributed by atoms with Gasteiger partial charge in [-0.25, -0.2) is 0 Å². The monoisotopic (exact) mass is 271 g/mol. The predicted molar refractivity (Wildman–Crippen MR) is 79.7 cm³/mol. The van der Waals surface area contributed by atoms with Gasteiger partial charge in [0.15, 0.2) is 0 Å². The molecule has 0 aliphatic heterocycles. The third kappa shape index (κ3) is 13.3. The van der Waals surface area contributed by atoms with E-state index in [0.717, 1.165) is 45.3 Å². The molecule has 1 amide bonds. The van der Waals surface area contributed by atoms with E-state index in [2.05, 4.69) is 22.9 Å². The van der Waals surface area contributed by atoms with Gasteiger partial charge in [-0.05, 0) is 51.9 Å². The summed E-state index contributed by atoms with van der Waals surface area (Å²) >= 11 is 0. The average molecular weight is 271 g/mol. The Hall–Kier alpha value is -0.980. The third-order valence-electron chi connectivity index (χ3n) is 2.81. The summed E-state index contributed by atoms with van der Waals surface area (Å²) in [5.41, 5.74) is 5.19. The van der Waals surface area contributed by atoms with E-state index in [1.165, 1.54) is 6.21 Å². The summed E-state index contributed by atoms with van der Waals surface area (Å²) in [6, 6.07) is 0.495. The van der Waals surface area contributed by atoms with Crippen molar-refractivity contribution in [2.45, 2.75) is 38.6 Å². The molecule has 1 unspecified atom stereocenters. The molecule has 0 bridgehead atoms. The fourth-order valence-corrected chi connectivity index (χ4v) is 1.67. The Kier molecular flexibility index (Phi) is 12.8. The minimum Gasteiger partial charge on any atom is -0.355 e. The number of nitrogens with one attached hydrogen (secondary N) is 4. The number of hydrogen-bond acceptors (Lipinski definition) is 5. The Labute approximate surface area is 116 Å². The Morgan fingerprint density at radius 2 is 2.05 bits per heavy atom. The van der Waals surface area contributed by atoms with Crippen LogP contribution in [0, 0.1) is 5.41 Å². The normalized spacial score (nSPS) is 12.1. The summed E-state index contributed by atoms with van der Waals surface area (Å²) in [7, 11) is 0. The fourth-order valence-electron chi connectivity index (χ4n) is 1.67. The van der Waals surface area contributed by atoms with Crippen LogP contribution in [-0.2, 0) is 4.79 Å². The van der Waals surface area contributed by atoms with Crippen molar-refractivity contribution in [3.05, 3.63) is 0 Å². The summed E-state index contributed by atoms with van der Waals surface area (Å²) in [5.74, 6) is -0.0935. The zero-order chi connectivity index (χ0) is 14.3. The molecule has 0 fully saturated rings. The van der Waals surface area contributed by atoms with E-state index >= 15 is 0 Å². The van der Waals surface area contributed by atoms with Gasteiger partial charge in [-0.2, -0.15) is 0 Å². The van der Waals surface area contributed by atoms with Crippen LogP contribution in [0.15, 0.2) is 0 Å². The van der Waals surface area contributed by atoms with Crippen LogP contribution in [0.25, 0.3) is 0 Å². The van der Waals surface area contributed by atoms with Gasteiger partial charge >= 0.3 is 0 Å². The molecule has 19 heavy (non-hydrogen) atoms. The number of amides is 1. The molecule has 1 atom stereocenters. The van der Waals surface area contributed by atoms with E-state index in [0.29, 0.717) is 12.6 Å². The van der Waals surface area contributed by atoms with E-state index < -0.39 is 0 Å². The highest BCUT2D eigenvalue weighted by molar-refractivity contribution is 5.77. The Balaban J connectivity index is 3.23. The van der Waals surface area contributed by atoms with Crippen molar-refractivity contribution in [1.29, 1.82) is 5.41 Å². The molecule has 6 nitrogen and oxygen atoms in total. The first kappa shape index (κ1) is 18.0. The van der Waals surface area contributed by atoms with Gasteiger partial charge in [0, 0.05) is 19.1 Å². The lowest BCUT2D eigenvalue weighted by Crippen LogP contribution is -2.34. The van der Waals surface area contributed by atoms with E-state index in [-0.39, 0.29) is 12.5 Å². The van der Waals surface area contributed by atoms with E-state index in [9.17, 15) is 4.79 Å². The molecule has 0 saturated heterocycles. The molecule has 0 rings (SSSR count). The zero-order valence-electron chi connectivity index (χ0n) is 12.0. The quantitative estimate of drug-likeness (QED) is 0.237. The number of carbonyl (C=O) groups excluding carboxylic acids is 1. The summed E-state index contributed by atoms with van der Waals surface area (Å²) < 4.78 is 0. The van der Waals surface area contributed by atoms with Crippen LogP contribution in [0.2, 0.25) is 0 Å². The van der Waals surface area contributed by atoms with Gasteiger partial charge in [0.05, 0.1) is 6.54 Å². The lowest BCUT2D eigenvalue weighted by molar-refractivity contribution is -0.119. The molecule has 0 radical (unpaired) electrons. The molecule has 112 valence electrons. The first-order valence-corrected chi connectivity index (χ1v) is 7.10. The van der Waals surface area contributed by atoms with Crippen molar-refractivity contribution in [3.63, 3.8) is 0 Å². The van der Waals surface area contributed by atoms with E-state index in [1.54, 1.807) is 0 Å². The summed E-state index contributed by atoms with van der Waals surface area (Å²) in [4.78, 5) is 10.9. The molecular weight excluding hydrogens is 242 g/mol. The summed E-state index contributed by atoms with van der Waals surface area (Å²) in [5, 5.41) is 16.4. The molecule has 0 spiro atoms. The lowest BCUT2D eigenvalue weighted by Gasteiger charge is -2.14. The van der Waals surface area contributed by atoms with Crippen LogP contribution in [0.1, 0.15) is 32.6 Å². The van der Waals surface area contributed by atoms with Gasteiger partial charge in [0.2, 0.25) is 5.91 Å². The molecule has 0 aliphatic carbocycles. The number of nitrogens with two attached hydrogens (primary N) is 1. The second-order valence-electron chi connectivity index (χ2n) is 4.65.